The fraction of sp³-hybridized carbons (Fsp3) is 1.00. The standard InChI is InChI=1S/C30H59N/c1-11-24-18-19-27-26(20-24)15-13-12-14-25(21-29(4,5)6)17-16-22(2)23(3)28(27)31(10)30(7,8)9/h22-28H,11-21H2,1-10H3. The number of fused-ring (bicyclic) bond motifs is 1. The molecule has 7 unspecified atom stereocenters. The molecule has 0 amide bonds. The van der Waals surface area contributed by atoms with Crippen molar-refractivity contribution >= 4 is 0 Å². The van der Waals surface area contributed by atoms with E-state index in [1.54, 1.807) is 0 Å². The molecule has 0 heterocycles. The summed E-state index contributed by atoms with van der Waals surface area (Å²) in [6, 6.07) is 0.735. The zero-order valence-electron chi connectivity index (χ0n) is 23.3. The van der Waals surface area contributed by atoms with E-state index in [2.05, 4.69) is 74.3 Å². The first-order chi connectivity index (χ1) is 14.3. The summed E-state index contributed by atoms with van der Waals surface area (Å²) >= 11 is 0. The molecule has 2 aliphatic carbocycles. The molecule has 1 nitrogen and oxygen atoms in total. The van der Waals surface area contributed by atoms with Gasteiger partial charge in [-0.15, -0.1) is 0 Å². The van der Waals surface area contributed by atoms with E-state index < -0.39 is 0 Å². The highest BCUT2D eigenvalue weighted by atomic mass is 15.2. The second-order valence-electron chi connectivity index (χ2n) is 14.1. The summed E-state index contributed by atoms with van der Waals surface area (Å²) < 4.78 is 0. The fourth-order valence-corrected chi connectivity index (χ4v) is 7.17. The Morgan fingerprint density at radius 2 is 1.39 bits per heavy atom. The van der Waals surface area contributed by atoms with Crippen LogP contribution < -0.4 is 0 Å². The maximum atomic E-state index is 2.80. The molecular formula is C30H59N. The number of rotatable bonds is 3. The molecule has 1 heteroatoms. The van der Waals surface area contributed by atoms with Crippen LogP contribution in [0.1, 0.15) is 133 Å². The molecule has 0 N–H and O–H groups in total. The van der Waals surface area contributed by atoms with Crippen LogP contribution in [0.5, 0.6) is 0 Å². The molecule has 184 valence electrons. The Kier molecular flexibility index (Phi) is 10.00. The Morgan fingerprint density at radius 3 is 1.97 bits per heavy atom. The van der Waals surface area contributed by atoms with E-state index in [0.29, 0.717) is 5.41 Å². The second-order valence-corrected chi connectivity index (χ2v) is 14.1. The second kappa shape index (κ2) is 11.4. The Hall–Kier alpha value is -0.0400. The van der Waals surface area contributed by atoms with E-state index in [4.69, 9.17) is 0 Å². The summed E-state index contributed by atoms with van der Waals surface area (Å²) in [6.45, 7) is 22.3. The predicted octanol–water partition coefficient (Wildman–Crippen LogP) is 9.21. The van der Waals surface area contributed by atoms with Gasteiger partial charge < -0.3 is 0 Å². The molecule has 7 atom stereocenters. The predicted molar refractivity (Wildman–Crippen MR) is 140 cm³/mol. The third-order valence-electron chi connectivity index (χ3n) is 9.48. The zero-order valence-corrected chi connectivity index (χ0v) is 23.3. The van der Waals surface area contributed by atoms with Gasteiger partial charge in [-0.1, -0.05) is 92.9 Å². The van der Waals surface area contributed by atoms with Gasteiger partial charge in [0, 0.05) is 11.6 Å². The lowest BCUT2D eigenvalue weighted by molar-refractivity contribution is -0.0179. The third kappa shape index (κ3) is 8.04. The molecule has 0 radical (unpaired) electrons. The monoisotopic (exact) mass is 433 g/mol. The molecule has 31 heavy (non-hydrogen) atoms. The summed E-state index contributed by atoms with van der Waals surface area (Å²) in [7, 11) is 2.45. The minimum atomic E-state index is 0.247. The van der Waals surface area contributed by atoms with Crippen LogP contribution in [0.4, 0.5) is 0 Å². The van der Waals surface area contributed by atoms with Crippen molar-refractivity contribution in [1.29, 1.82) is 0 Å². The lowest BCUT2D eigenvalue weighted by atomic mass is 9.64. The van der Waals surface area contributed by atoms with Crippen LogP contribution in [0.15, 0.2) is 0 Å². The highest BCUT2D eigenvalue weighted by Gasteiger charge is 2.42. The van der Waals surface area contributed by atoms with Crippen LogP contribution in [0.3, 0.4) is 0 Å². The van der Waals surface area contributed by atoms with Crippen molar-refractivity contribution in [3.63, 3.8) is 0 Å². The van der Waals surface area contributed by atoms with Gasteiger partial charge in [-0.3, -0.25) is 4.90 Å². The van der Waals surface area contributed by atoms with Crippen LogP contribution in [-0.4, -0.2) is 23.5 Å². The molecule has 0 aromatic heterocycles. The molecule has 2 saturated carbocycles. The summed E-state index contributed by atoms with van der Waals surface area (Å²) in [4.78, 5) is 2.80. The lowest BCUT2D eigenvalue weighted by Gasteiger charge is -2.51. The first kappa shape index (κ1) is 27.2. The van der Waals surface area contributed by atoms with Crippen LogP contribution in [0.25, 0.3) is 0 Å². The van der Waals surface area contributed by atoms with Gasteiger partial charge in [0.05, 0.1) is 0 Å². The van der Waals surface area contributed by atoms with Gasteiger partial charge in [0.1, 0.15) is 0 Å². The van der Waals surface area contributed by atoms with Gasteiger partial charge in [-0.25, -0.2) is 0 Å². The first-order valence-electron chi connectivity index (χ1n) is 14.1. The molecule has 0 saturated heterocycles. The highest BCUT2D eigenvalue weighted by molar-refractivity contribution is 4.95. The van der Waals surface area contributed by atoms with Crippen LogP contribution >= 0.6 is 0 Å². The maximum absolute atomic E-state index is 2.80. The minimum Gasteiger partial charge on any atom is -0.298 e. The molecular weight excluding hydrogens is 374 g/mol. The lowest BCUT2D eigenvalue weighted by Crippen LogP contribution is -2.55. The van der Waals surface area contributed by atoms with Crippen molar-refractivity contribution in [2.75, 3.05) is 7.05 Å². The van der Waals surface area contributed by atoms with E-state index >= 15 is 0 Å². The Bertz CT molecular complexity index is 509. The number of hydrogen-bond donors (Lipinski definition) is 0. The average molecular weight is 434 g/mol. The molecule has 0 spiro atoms. The minimum absolute atomic E-state index is 0.247. The molecule has 0 aromatic carbocycles. The molecule has 2 rings (SSSR count). The molecule has 2 fully saturated rings. The van der Waals surface area contributed by atoms with E-state index in [9.17, 15) is 0 Å². The maximum Gasteiger partial charge on any atom is 0.0156 e. The van der Waals surface area contributed by atoms with E-state index in [0.717, 1.165) is 41.5 Å². The van der Waals surface area contributed by atoms with E-state index in [1.807, 2.05) is 0 Å². The normalized spacial score (nSPS) is 37.1. The molecule has 0 aromatic rings. The average Bonchev–Trinajstić information content (AvgIpc) is 2.67. The third-order valence-corrected chi connectivity index (χ3v) is 9.48. The largest absolute Gasteiger partial charge is 0.298 e. The van der Waals surface area contributed by atoms with Gasteiger partial charge in [-0.05, 0) is 88.0 Å². The SMILES string of the molecule is CCC1CCC2C(CCCCC(CC(C)(C)C)CCC(C)C(C)C2N(C)C(C)(C)C)C1. The van der Waals surface area contributed by atoms with Crippen molar-refractivity contribution in [1.82, 2.24) is 4.90 Å². The Balaban J connectivity index is 2.30. The summed E-state index contributed by atoms with van der Waals surface area (Å²) in [5.41, 5.74) is 0.713. The van der Waals surface area contributed by atoms with Gasteiger partial charge in [0.2, 0.25) is 0 Å². The molecule has 2 aliphatic rings. The smallest absolute Gasteiger partial charge is 0.0156 e. The van der Waals surface area contributed by atoms with Gasteiger partial charge in [0.25, 0.3) is 0 Å². The summed E-state index contributed by atoms with van der Waals surface area (Å²) in [6.07, 6.45) is 16.0. The Labute approximate surface area is 197 Å². The van der Waals surface area contributed by atoms with Crippen molar-refractivity contribution in [2.45, 2.75) is 145 Å². The van der Waals surface area contributed by atoms with Crippen LogP contribution in [-0.2, 0) is 0 Å². The quantitative estimate of drug-likeness (QED) is 0.428. The molecule has 0 aliphatic heterocycles. The summed E-state index contributed by atoms with van der Waals surface area (Å²) in [5, 5.41) is 0. The van der Waals surface area contributed by atoms with Crippen LogP contribution in [0.2, 0.25) is 0 Å². The van der Waals surface area contributed by atoms with E-state index in [-0.39, 0.29) is 5.54 Å². The topological polar surface area (TPSA) is 3.24 Å². The van der Waals surface area contributed by atoms with Gasteiger partial charge >= 0.3 is 0 Å². The van der Waals surface area contributed by atoms with Crippen molar-refractivity contribution in [3.05, 3.63) is 0 Å². The molecule has 0 bridgehead atoms. The van der Waals surface area contributed by atoms with Crippen LogP contribution in [0, 0.1) is 40.9 Å². The van der Waals surface area contributed by atoms with Gasteiger partial charge in [-0.2, -0.15) is 0 Å². The van der Waals surface area contributed by atoms with Crippen molar-refractivity contribution in [2.24, 2.45) is 40.9 Å². The van der Waals surface area contributed by atoms with Gasteiger partial charge in [0.15, 0.2) is 0 Å². The van der Waals surface area contributed by atoms with E-state index in [1.165, 1.54) is 70.6 Å². The van der Waals surface area contributed by atoms with Crippen molar-refractivity contribution < 1.29 is 0 Å². The summed E-state index contributed by atoms with van der Waals surface area (Å²) in [5.74, 6) is 5.36. The first-order valence-corrected chi connectivity index (χ1v) is 14.1. The fourth-order valence-electron chi connectivity index (χ4n) is 7.17. The number of hydrogen-bond acceptors (Lipinski definition) is 1. The Morgan fingerprint density at radius 1 is 0.774 bits per heavy atom. The highest BCUT2D eigenvalue weighted by Crippen LogP contribution is 2.46. The number of nitrogens with zero attached hydrogens (tertiary/aromatic N) is 1. The van der Waals surface area contributed by atoms with Crippen molar-refractivity contribution in [3.8, 4) is 0 Å². The zero-order chi connectivity index (χ0) is 23.4.